The van der Waals surface area contributed by atoms with Crippen LogP contribution in [0.1, 0.15) is 5.76 Å². The molecule has 0 atom stereocenters. The van der Waals surface area contributed by atoms with Gasteiger partial charge in [0.15, 0.2) is 5.16 Å². The summed E-state index contributed by atoms with van der Waals surface area (Å²) in [4.78, 5) is 29.6. The Labute approximate surface area is 167 Å². The van der Waals surface area contributed by atoms with E-state index in [1.807, 2.05) is 0 Å². The van der Waals surface area contributed by atoms with Crippen LogP contribution in [0.5, 0.6) is 0 Å². The van der Waals surface area contributed by atoms with Gasteiger partial charge in [0.2, 0.25) is 5.91 Å². The number of carbonyl (C=O) groups excluding carboxylic acids is 1. The standard InChI is InChI=1S/C19H14FN3O3S2/c20-13-5-1-2-6-14(13)21-16(24)11-28-19-22-15-7-9-27-17(15)18(25)23(19)10-12-4-3-8-26-12/h1-9H,10-11H2,(H,21,24). The van der Waals surface area contributed by atoms with E-state index >= 15 is 0 Å². The van der Waals surface area contributed by atoms with Crippen LogP contribution in [0.4, 0.5) is 10.1 Å². The van der Waals surface area contributed by atoms with Crippen LogP contribution in [0, 0.1) is 5.82 Å². The van der Waals surface area contributed by atoms with Gasteiger partial charge in [0.1, 0.15) is 16.3 Å². The van der Waals surface area contributed by atoms with Gasteiger partial charge in [-0.3, -0.25) is 14.2 Å². The van der Waals surface area contributed by atoms with Crippen LogP contribution in [0.25, 0.3) is 10.2 Å². The lowest BCUT2D eigenvalue weighted by Crippen LogP contribution is -2.24. The number of aromatic nitrogens is 2. The number of halogens is 1. The van der Waals surface area contributed by atoms with E-state index in [9.17, 15) is 14.0 Å². The van der Waals surface area contributed by atoms with Crippen molar-refractivity contribution in [3.8, 4) is 0 Å². The van der Waals surface area contributed by atoms with E-state index in [-0.39, 0.29) is 29.5 Å². The largest absolute Gasteiger partial charge is 0.467 e. The highest BCUT2D eigenvalue weighted by Gasteiger charge is 2.16. The molecule has 0 radical (unpaired) electrons. The van der Waals surface area contributed by atoms with E-state index in [0.29, 0.717) is 21.1 Å². The van der Waals surface area contributed by atoms with Gasteiger partial charge in [-0.05, 0) is 35.7 Å². The quantitative estimate of drug-likeness (QED) is 0.381. The molecule has 4 aromatic rings. The van der Waals surface area contributed by atoms with Crippen molar-refractivity contribution in [2.75, 3.05) is 11.1 Å². The summed E-state index contributed by atoms with van der Waals surface area (Å²) in [5, 5.41) is 4.73. The number of thiophene rings is 1. The zero-order valence-electron chi connectivity index (χ0n) is 14.4. The molecule has 3 heterocycles. The van der Waals surface area contributed by atoms with Crippen molar-refractivity contribution in [1.82, 2.24) is 9.55 Å². The fourth-order valence-electron chi connectivity index (χ4n) is 2.61. The Bertz CT molecular complexity index is 1180. The Balaban J connectivity index is 1.58. The maximum absolute atomic E-state index is 13.7. The predicted molar refractivity (Wildman–Crippen MR) is 107 cm³/mol. The summed E-state index contributed by atoms with van der Waals surface area (Å²) in [6.45, 7) is 0.212. The number of hydrogen-bond acceptors (Lipinski definition) is 6. The predicted octanol–water partition coefficient (Wildman–Crippen LogP) is 3.97. The Hall–Kier alpha value is -2.91. The van der Waals surface area contributed by atoms with Crippen molar-refractivity contribution in [1.29, 1.82) is 0 Å². The number of carbonyl (C=O) groups is 1. The van der Waals surface area contributed by atoms with Crippen molar-refractivity contribution < 1.29 is 13.6 Å². The Morgan fingerprint density at radius 1 is 1.25 bits per heavy atom. The molecular formula is C19H14FN3O3S2. The SMILES string of the molecule is O=C(CSc1nc2ccsc2c(=O)n1Cc1ccco1)Nc1ccccc1F. The zero-order chi connectivity index (χ0) is 19.5. The summed E-state index contributed by atoms with van der Waals surface area (Å²) >= 11 is 2.44. The first-order valence-corrected chi connectivity index (χ1v) is 10.2. The summed E-state index contributed by atoms with van der Waals surface area (Å²) in [5.74, 6) is -0.306. The lowest BCUT2D eigenvalue weighted by molar-refractivity contribution is -0.113. The van der Waals surface area contributed by atoms with Crippen molar-refractivity contribution in [3.05, 3.63) is 76.0 Å². The van der Waals surface area contributed by atoms with Crippen LogP contribution in [0.15, 0.2) is 68.5 Å². The average Bonchev–Trinajstić information content (AvgIpc) is 3.36. The van der Waals surface area contributed by atoms with E-state index in [2.05, 4.69) is 10.3 Å². The molecule has 28 heavy (non-hydrogen) atoms. The molecule has 9 heteroatoms. The second-order valence-electron chi connectivity index (χ2n) is 5.82. The van der Waals surface area contributed by atoms with E-state index < -0.39 is 5.82 Å². The van der Waals surface area contributed by atoms with Gasteiger partial charge < -0.3 is 9.73 Å². The molecule has 0 unspecified atom stereocenters. The number of nitrogens with zero attached hydrogens (tertiary/aromatic N) is 2. The minimum absolute atomic E-state index is 0.0193. The van der Waals surface area contributed by atoms with Gasteiger partial charge in [-0.15, -0.1) is 11.3 Å². The normalized spacial score (nSPS) is 11.0. The number of benzene rings is 1. The van der Waals surface area contributed by atoms with Gasteiger partial charge in [0, 0.05) is 0 Å². The highest BCUT2D eigenvalue weighted by atomic mass is 32.2. The van der Waals surface area contributed by atoms with Gasteiger partial charge >= 0.3 is 0 Å². The molecule has 0 saturated heterocycles. The average molecular weight is 415 g/mol. The number of amides is 1. The number of anilines is 1. The number of thioether (sulfide) groups is 1. The first-order chi connectivity index (χ1) is 13.6. The lowest BCUT2D eigenvalue weighted by atomic mass is 10.3. The fraction of sp³-hybridized carbons (Fsp3) is 0.105. The smallest absolute Gasteiger partial charge is 0.272 e. The molecule has 0 bridgehead atoms. The molecule has 1 amide bonds. The van der Waals surface area contributed by atoms with Crippen LogP contribution in [0.2, 0.25) is 0 Å². The summed E-state index contributed by atoms with van der Waals surface area (Å²) < 4.78 is 21.1. The molecule has 0 aliphatic carbocycles. The highest BCUT2D eigenvalue weighted by Crippen LogP contribution is 2.22. The lowest BCUT2D eigenvalue weighted by Gasteiger charge is -2.11. The van der Waals surface area contributed by atoms with Gasteiger partial charge in [0.05, 0.1) is 29.8 Å². The van der Waals surface area contributed by atoms with E-state index in [1.165, 1.54) is 34.3 Å². The van der Waals surface area contributed by atoms with Crippen LogP contribution in [0.3, 0.4) is 0 Å². The number of fused-ring (bicyclic) bond motifs is 1. The molecule has 142 valence electrons. The van der Waals surface area contributed by atoms with Crippen LogP contribution in [-0.4, -0.2) is 21.2 Å². The second kappa shape index (κ2) is 7.99. The third-order valence-corrected chi connectivity index (χ3v) is 5.77. The molecule has 0 spiro atoms. The molecule has 4 rings (SSSR count). The summed E-state index contributed by atoms with van der Waals surface area (Å²) in [5.41, 5.74) is 0.512. The second-order valence-corrected chi connectivity index (χ2v) is 7.68. The Morgan fingerprint density at radius 2 is 2.11 bits per heavy atom. The number of hydrogen-bond donors (Lipinski definition) is 1. The van der Waals surface area contributed by atoms with Gasteiger partial charge in [-0.25, -0.2) is 9.37 Å². The minimum Gasteiger partial charge on any atom is -0.467 e. The van der Waals surface area contributed by atoms with E-state index in [4.69, 9.17) is 4.42 Å². The molecule has 3 aromatic heterocycles. The molecule has 6 nitrogen and oxygen atoms in total. The minimum atomic E-state index is -0.506. The Kier molecular flexibility index (Phi) is 5.27. The summed E-state index contributed by atoms with van der Waals surface area (Å²) in [6.07, 6.45) is 1.53. The molecule has 1 aromatic carbocycles. The van der Waals surface area contributed by atoms with Crippen LogP contribution >= 0.6 is 23.1 Å². The number of rotatable bonds is 6. The highest BCUT2D eigenvalue weighted by molar-refractivity contribution is 7.99. The monoisotopic (exact) mass is 415 g/mol. The molecule has 0 aliphatic heterocycles. The topological polar surface area (TPSA) is 77.1 Å². The first kappa shape index (κ1) is 18.5. The van der Waals surface area contributed by atoms with Gasteiger partial charge in [-0.1, -0.05) is 23.9 Å². The first-order valence-electron chi connectivity index (χ1n) is 8.29. The third kappa shape index (κ3) is 3.85. The third-order valence-electron chi connectivity index (χ3n) is 3.91. The number of para-hydroxylation sites is 1. The van der Waals surface area contributed by atoms with Gasteiger partial charge in [-0.2, -0.15) is 0 Å². The molecular weight excluding hydrogens is 401 g/mol. The Morgan fingerprint density at radius 3 is 2.89 bits per heavy atom. The van der Waals surface area contributed by atoms with Crippen LogP contribution in [-0.2, 0) is 11.3 Å². The fourth-order valence-corrected chi connectivity index (χ4v) is 4.19. The van der Waals surface area contributed by atoms with Crippen molar-refractivity contribution in [3.63, 3.8) is 0 Å². The number of nitrogens with one attached hydrogen (secondary N) is 1. The molecule has 0 aliphatic rings. The summed E-state index contributed by atoms with van der Waals surface area (Å²) in [6, 6.07) is 11.2. The maximum Gasteiger partial charge on any atom is 0.272 e. The molecule has 0 fully saturated rings. The zero-order valence-corrected chi connectivity index (χ0v) is 16.1. The van der Waals surface area contributed by atoms with Gasteiger partial charge in [0.25, 0.3) is 5.56 Å². The molecule has 0 saturated carbocycles. The number of furan rings is 1. The van der Waals surface area contributed by atoms with E-state index in [0.717, 1.165) is 11.8 Å². The van der Waals surface area contributed by atoms with Crippen molar-refractivity contribution >= 4 is 44.9 Å². The maximum atomic E-state index is 13.7. The van der Waals surface area contributed by atoms with Crippen molar-refractivity contribution in [2.45, 2.75) is 11.7 Å². The van der Waals surface area contributed by atoms with E-state index in [1.54, 1.807) is 35.7 Å². The summed E-state index contributed by atoms with van der Waals surface area (Å²) in [7, 11) is 0. The van der Waals surface area contributed by atoms with Crippen molar-refractivity contribution in [2.24, 2.45) is 0 Å². The van der Waals surface area contributed by atoms with Crippen LogP contribution < -0.4 is 10.9 Å². The molecule has 1 N–H and O–H groups in total.